The van der Waals surface area contributed by atoms with Crippen LogP contribution >= 0.6 is 0 Å². The zero-order valence-electron chi connectivity index (χ0n) is 20.0. The number of benzene rings is 3. The van der Waals surface area contributed by atoms with Crippen molar-refractivity contribution in [3.05, 3.63) is 96.1 Å². The minimum absolute atomic E-state index is 0.101. The molecule has 0 spiro atoms. The number of rotatable bonds is 9. The summed E-state index contributed by atoms with van der Waals surface area (Å²) in [7, 11) is -2.60. The highest BCUT2D eigenvalue weighted by Crippen LogP contribution is 2.36. The summed E-state index contributed by atoms with van der Waals surface area (Å²) in [5, 5.41) is 2.34. The molecular formula is C28H31NO4Si. The van der Waals surface area contributed by atoms with Crippen LogP contribution < -0.4 is 10.4 Å². The highest BCUT2D eigenvalue weighted by atomic mass is 28.4. The second kappa shape index (κ2) is 10.1. The van der Waals surface area contributed by atoms with Crippen molar-refractivity contribution < 1.29 is 18.8 Å². The number of imide groups is 1. The molecule has 0 unspecified atom stereocenters. The molecule has 0 bridgehead atoms. The van der Waals surface area contributed by atoms with Gasteiger partial charge in [-0.25, -0.2) is 0 Å². The molecule has 5 nitrogen and oxygen atoms in total. The molecule has 0 aromatic heterocycles. The third-order valence-corrected chi connectivity index (χ3v) is 11.3. The van der Waals surface area contributed by atoms with E-state index in [0.29, 0.717) is 24.3 Å². The summed E-state index contributed by atoms with van der Waals surface area (Å²) in [4.78, 5) is 26.3. The molecule has 0 fully saturated rings. The number of hydrogen-bond acceptors (Lipinski definition) is 4. The molecule has 1 aliphatic heterocycles. The quantitative estimate of drug-likeness (QED) is 0.269. The lowest BCUT2D eigenvalue weighted by molar-refractivity contribution is 0.0523. The van der Waals surface area contributed by atoms with E-state index in [0.717, 1.165) is 0 Å². The molecule has 0 aliphatic carbocycles. The minimum Gasteiger partial charge on any atom is -0.405 e. The van der Waals surface area contributed by atoms with Crippen molar-refractivity contribution >= 4 is 30.5 Å². The van der Waals surface area contributed by atoms with Crippen LogP contribution in [0.2, 0.25) is 5.04 Å². The van der Waals surface area contributed by atoms with Crippen LogP contribution in [0.1, 0.15) is 41.5 Å². The standard InChI is InChI=1S/C28H31NO4Si/c1-28(2,3)34(22-12-6-4-7-13-22,23-14-8-5-9-15-23)33-21-20-32-19-18-29-26(30)24-16-10-11-17-25(24)27(29)31/h4-17H,18-21H2,1-3H3. The third-order valence-electron chi connectivity index (χ3n) is 6.30. The van der Waals surface area contributed by atoms with Crippen LogP contribution in [0.15, 0.2) is 84.9 Å². The van der Waals surface area contributed by atoms with Gasteiger partial charge in [0.05, 0.1) is 37.5 Å². The summed E-state index contributed by atoms with van der Waals surface area (Å²) >= 11 is 0. The van der Waals surface area contributed by atoms with E-state index in [-0.39, 0.29) is 30.0 Å². The summed E-state index contributed by atoms with van der Waals surface area (Å²) in [5.74, 6) is -0.513. The van der Waals surface area contributed by atoms with Gasteiger partial charge in [-0.3, -0.25) is 14.5 Å². The van der Waals surface area contributed by atoms with E-state index < -0.39 is 8.32 Å². The average Bonchev–Trinajstić information content (AvgIpc) is 3.09. The fourth-order valence-corrected chi connectivity index (χ4v) is 9.26. The Kier molecular flexibility index (Phi) is 7.12. The highest BCUT2D eigenvalue weighted by Gasteiger charge is 2.50. The molecule has 0 N–H and O–H groups in total. The molecule has 1 heterocycles. The molecule has 34 heavy (non-hydrogen) atoms. The van der Waals surface area contributed by atoms with Crippen LogP contribution in [0.5, 0.6) is 0 Å². The van der Waals surface area contributed by atoms with E-state index in [2.05, 4.69) is 69.3 Å². The lowest BCUT2D eigenvalue weighted by Crippen LogP contribution is -2.66. The first kappa shape index (κ1) is 24.1. The molecule has 6 heteroatoms. The van der Waals surface area contributed by atoms with Gasteiger partial charge in [0.25, 0.3) is 20.1 Å². The second-order valence-corrected chi connectivity index (χ2v) is 13.7. The molecule has 2 amide bonds. The fourth-order valence-electron chi connectivity index (χ4n) is 4.72. The predicted octanol–water partition coefficient (Wildman–Crippen LogP) is 3.88. The monoisotopic (exact) mass is 473 g/mol. The first-order chi connectivity index (χ1) is 16.4. The van der Waals surface area contributed by atoms with E-state index in [9.17, 15) is 9.59 Å². The Bertz CT molecular complexity index is 1070. The van der Waals surface area contributed by atoms with Crippen molar-refractivity contribution in [2.24, 2.45) is 0 Å². The maximum atomic E-state index is 12.5. The van der Waals surface area contributed by atoms with E-state index in [1.165, 1.54) is 15.3 Å². The molecule has 0 radical (unpaired) electrons. The van der Waals surface area contributed by atoms with Gasteiger partial charge < -0.3 is 9.16 Å². The summed E-state index contributed by atoms with van der Waals surface area (Å²) in [6, 6.07) is 27.9. The molecule has 0 saturated carbocycles. The molecule has 176 valence electrons. The number of amides is 2. The molecule has 4 rings (SSSR count). The summed E-state index contributed by atoms with van der Waals surface area (Å²) in [6.07, 6.45) is 0. The van der Waals surface area contributed by atoms with Gasteiger partial charge in [0, 0.05) is 0 Å². The SMILES string of the molecule is CC(C)(C)[Si](OCCOCCN1C(=O)c2ccccc2C1=O)(c1ccccc1)c1ccccc1. The molecule has 3 aromatic carbocycles. The normalized spacial score (nSPS) is 13.9. The van der Waals surface area contributed by atoms with Gasteiger partial charge in [-0.1, -0.05) is 93.6 Å². The van der Waals surface area contributed by atoms with Crippen LogP contribution in [0.4, 0.5) is 0 Å². The molecule has 1 aliphatic rings. The average molecular weight is 474 g/mol. The maximum Gasteiger partial charge on any atom is 0.261 e. The van der Waals surface area contributed by atoms with Crippen LogP contribution in [0.25, 0.3) is 0 Å². The Morgan fingerprint density at radius 3 is 1.62 bits per heavy atom. The zero-order chi connectivity index (χ0) is 24.2. The van der Waals surface area contributed by atoms with Crippen LogP contribution in [0.3, 0.4) is 0 Å². The first-order valence-corrected chi connectivity index (χ1v) is 13.5. The highest BCUT2D eigenvalue weighted by molar-refractivity contribution is 6.99. The van der Waals surface area contributed by atoms with Crippen molar-refractivity contribution in [2.45, 2.75) is 25.8 Å². The van der Waals surface area contributed by atoms with Gasteiger partial charge in [0.1, 0.15) is 0 Å². The summed E-state index contributed by atoms with van der Waals surface area (Å²) < 4.78 is 12.6. The molecular weight excluding hydrogens is 442 g/mol. The Labute approximate surface area is 202 Å². The number of carbonyl (C=O) groups excluding carboxylic acids is 2. The van der Waals surface area contributed by atoms with E-state index in [1.807, 2.05) is 12.1 Å². The van der Waals surface area contributed by atoms with Gasteiger partial charge in [0.15, 0.2) is 0 Å². The van der Waals surface area contributed by atoms with Crippen molar-refractivity contribution in [3.8, 4) is 0 Å². The fraction of sp³-hybridized carbons (Fsp3) is 0.286. The number of nitrogens with zero attached hydrogens (tertiary/aromatic N) is 1. The zero-order valence-corrected chi connectivity index (χ0v) is 21.0. The van der Waals surface area contributed by atoms with Gasteiger partial charge >= 0.3 is 0 Å². The van der Waals surface area contributed by atoms with Gasteiger partial charge in [0.2, 0.25) is 0 Å². The van der Waals surface area contributed by atoms with Gasteiger partial charge in [-0.15, -0.1) is 0 Å². The van der Waals surface area contributed by atoms with Crippen molar-refractivity contribution in [1.29, 1.82) is 0 Å². The van der Waals surface area contributed by atoms with Gasteiger partial charge in [-0.2, -0.15) is 0 Å². The number of ether oxygens (including phenoxy) is 1. The molecule has 0 saturated heterocycles. The van der Waals surface area contributed by atoms with Gasteiger partial charge in [-0.05, 0) is 27.5 Å². The summed E-state index contributed by atoms with van der Waals surface area (Å²) in [6.45, 7) is 8.03. The lowest BCUT2D eigenvalue weighted by atomic mass is 10.1. The predicted molar refractivity (Wildman–Crippen MR) is 136 cm³/mol. The molecule has 3 aromatic rings. The molecule has 0 atom stereocenters. The van der Waals surface area contributed by atoms with E-state index in [1.54, 1.807) is 24.3 Å². The Morgan fingerprint density at radius 2 is 1.15 bits per heavy atom. The summed E-state index contributed by atoms with van der Waals surface area (Å²) in [5.41, 5.74) is 0.921. The smallest absolute Gasteiger partial charge is 0.261 e. The topological polar surface area (TPSA) is 55.8 Å². The van der Waals surface area contributed by atoms with Crippen LogP contribution in [0, 0.1) is 0 Å². The van der Waals surface area contributed by atoms with Crippen molar-refractivity contribution in [3.63, 3.8) is 0 Å². The number of fused-ring (bicyclic) bond motifs is 1. The lowest BCUT2D eigenvalue weighted by Gasteiger charge is -2.43. The Balaban J connectivity index is 1.41. The minimum atomic E-state index is -2.60. The van der Waals surface area contributed by atoms with E-state index >= 15 is 0 Å². The van der Waals surface area contributed by atoms with Crippen LogP contribution in [-0.4, -0.2) is 51.4 Å². The first-order valence-electron chi connectivity index (χ1n) is 11.6. The largest absolute Gasteiger partial charge is 0.405 e. The van der Waals surface area contributed by atoms with Crippen molar-refractivity contribution in [2.75, 3.05) is 26.4 Å². The maximum absolute atomic E-state index is 12.5. The van der Waals surface area contributed by atoms with Crippen molar-refractivity contribution in [1.82, 2.24) is 4.90 Å². The third kappa shape index (κ3) is 4.49. The number of carbonyl (C=O) groups is 2. The Morgan fingerprint density at radius 1 is 0.676 bits per heavy atom. The number of hydrogen-bond donors (Lipinski definition) is 0. The Hall–Kier alpha value is -3.06. The van der Waals surface area contributed by atoms with Crippen LogP contribution in [-0.2, 0) is 9.16 Å². The van der Waals surface area contributed by atoms with E-state index in [4.69, 9.17) is 9.16 Å². The second-order valence-electron chi connectivity index (χ2n) is 9.43.